The molecule has 0 aliphatic carbocycles. The minimum absolute atomic E-state index is 0.153. The van der Waals surface area contributed by atoms with E-state index < -0.39 is 16.1 Å². The molecular formula is C20H23BrN2O3S. The summed E-state index contributed by atoms with van der Waals surface area (Å²) in [6.45, 7) is 0.830. The summed E-state index contributed by atoms with van der Waals surface area (Å²) in [6.07, 6.45) is 2.16. The normalized spacial score (nSPS) is 18.2. The van der Waals surface area contributed by atoms with Crippen LogP contribution in [0.25, 0.3) is 0 Å². The molecule has 0 radical (unpaired) electrons. The van der Waals surface area contributed by atoms with Crippen LogP contribution < -0.4 is 0 Å². The van der Waals surface area contributed by atoms with Gasteiger partial charge in [-0.05, 0) is 42.7 Å². The molecule has 1 aliphatic rings. The van der Waals surface area contributed by atoms with Crippen molar-refractivity contribution < 1.29 is 13.2 Å². The molecule has 5 nitrogen and oxygen atoms in total. The van der Waals surface area contributed by atoms with Crippen LogP contribution >= 0.6 is 15.9 Å². The van der Waals surface area contributed by atoms with Crippen LogP contribution in [0.5, 0.6) is 0 Å². The average Bonchev–Trinajstić information content (AvgIpc) is 2.68. The Morgan fingerprint density at radius 1 is 1.11 bits per heavy atom. The smallest absolute Gasteiger partial charge is 0.243 e. The second-order valence-corrected chi connectivity index (χ2v) is 9.57. The second kappa shape index (κ2) is 8.54. The Balaban J connectivity index is 1.82. The summed E-state index contributed by atoms with van der Waals surface area (Å²) in [7, 11) is -1.98. The van der Waals surface area contributed by atoms with E-state index in [9.17, 15) is 13.2 Å². The molecule has 144 valence electrons. The van der Waals surface area contributed by atoms with E-state index in [4.69, 9.17) is 0 Å². The molecule has 1 atom stereocenters. The van der Waals surface area contributed by atoms with Gasteiger partial charge in [-0.1, -0.05) is 52.7 Å². The number of piperidine rings is 1. The van der Waals surface area contributed by atoms with Crippen molar-refractivity contribution in [2.45, 2.75) is 36.7 Å². The van der Waals surface area contributed by atoms with E-state index in [0.717, 1.165) is 22.9 Å². The van der Waals surface area contributed by atoms with Gasteiger partial charge in [-0.25, -0.2) is 8.42 Å². The zero-order chi connectivity index (χ0) is 19.4. The molecule has 0 aromatic heterocycles. The Morgan fingerprint density at radius 3 is 2.44 bits per heavy atom. The number of hydrogen-bond acceptors (Lipinski definition) is 3. The molecule has 1 aliphatic heterocycles. The second-order valence-electron chi connectivity index (χ2n) is 6.76. The molecule has 2 aromatic carbocycles. The standard InChI is InChI=1S/C20H23BrN2O3S/c1-22(15-16-7-3-2-4-8-16)20(24)19-9-5-6-14-23(19)27(25,26)18-12-10-17(21)11-13-18/h2-4,7-8,10-13,19H,5-6,9,14-15H2,1H3. The molecule has 7 heteroatoms. The largest absolute Gasteiger partial charge is 0.340 e. The lowest BCUT2D eigenvalue weighted by atomic mass is 10.0. The lowest BCUT2D eigenvalue weighted by Crippen LogP contribution is -2.51. The monoisotopic (exact) mass is 450 g/mol. The van der Waals surface area contributed by atoms with E-state index in [1.165, 1.54) is 4.31 Å². The fourth-order valence-corrected chi connectivity index (χ4v) is 5.29. The third-order valence-corrected chi connectivity index (χ3v) is 7.25. The Bertz CT molecular complexity index is 885. The minimum atomic E-state index is -3.71. The molecule has 27 heavy (non-hydrogen) atoms. The Kier molecular flexibility index (Phi) is 6.34. The topological polar surface area (TPSA) is 57.7 Å². The van der Waals surface area contributed by atoms with E-state index >= 15 is 0 Å². The van der Waals surface area contributed by atoms with Crippen LogP contribution in [-0.2, 0) is 21.4 Å². The predicted octanol–water partition coefficient (Wildman–Crippen LogP) is 3.65. The van der Waals surface area contributed by atoms with Gasteiger partial charge in [0.25, 0.3) is 0 Å². The van der Waals surface area contributed by atoms with Gasteiger partial charge >= 0.3 is 0 Å². The van der Waals surface area contributed by atoms with Crippen molar-refractivity contribution in [3.8, 4) is 0 Å². The van der Waals surface area contributed by atoms with Gasteiger partial charge in [-0.3, -0.25) is 4.79 Å². The van der Waals surface area contributed by atoms with Gasteiger partial charge in [-0.15, -0.1) is 0 Å². The zero-order valence-electron chi connectivity index (χ0n) is 15.2. The van der Waals surface area contributed by atoms with Crippen molar-refractivity contribution in [1.82, 2.24) is 9.21 Å². The van der Waals surface area contributed by atoms with Gasteiger partial charge in [0.1, 0.15) is 6.04 Å². The third kappa shape index (κ3) is 4.59. The quantitative estimate of drug-likeness (QED) is 0.698. The number of nitrogens with zero attached hydrogens (tertiary/aromatic N) is 2. The number of halogens is 1. The first-order chi connectivity index (χ1) is 12.9. The summed E-state index contributed by atoms with van der Waals surface area (Å²) in [6, 6.07) is 15.6. The van der Waals surface area contributed by atoms with Crippen molar-refractivity contribution in [1.29, 1.82) is 0 Å². The van der Waals surface area contributed by atoms with E-state index in [1.54, 1.807) is 36.2 Å². The summed E-state index contributed by atoms with van der Waals surface area (Å²) >= 11 is 3.32. The van der Waals surface area contributed by atoms with Gasteiger partial charge < -0.3 is 4.90 Å². The van der Waals surface area contributed by atoms with E-state index in [2.05, 4.69) is 15.9 Å². The fraction of sp³-hybridized carbons (Fsp3) is 0.350. The Labute approximate surface area is 169 Å². The first kappa shape index (κ1) is 20.0. The lowest BCUT2D eigenvalue weighted by Gasteiger charge is -2.35. The number of amides is 1. The highest BCUT2D eigenvalue weighted by Gasteiger charge is 2.38. The summed E-state index contributed by atoms with van der Waals surface area (Å²) in [5.41, 5.74) is 1.02. The SMILES string of the molecule is CN(Cc1ccccc1)C(=O)C1CCCCN1S(=O)(=O)c1ccc(Br)cc1. The first-order valence-electron chi connectivity index (χ1n) is 8.96. The summed E-state index contributed by atoms with van der Waals surface area (Å²) < 4.78 is 28.5. The molecule has 1 saturated heterocycles. The molecule has 0 saturated carbocycles. The number of rotatable bonds is 5. The number of carbonyl (C=O) groups is 1. The van der Waals surface area contributed by atoms with Crippen molar-refractivity contribution in [2.24, 2.45) is 0 Å². The van der Waals surface area contributed by atoms with Crippen LogP contribution in [0.4, 0.5) is 0 Å². The lowest BCUT2D eigenvalue weighted by molar-refractivity contribution is -0.135. The molecule has 1 fully saturated rings. The van der Waals surface area contributed by atoms with Crippen molar-refractivity contribution in [2.75, 3.05) is 13.6 Å². The van der Waals surface area contributed by atoms with Gasteiger partial charge in [0.05, 0.1) is 4.90 Å². The van der Waals surface area contributed by atoms with Crippen LogP contribution in [-0.4, -0.2) is 43.2 Å². The number of benzene rings is 2. The summed E-state index contributed by atoms with van der Waals surface area (Å²) in [5.74, 6) is -0.153. The number of likely N-dealkylation sites (N-methyl/N-ethyl adjacent to an activating group) is 1. The molecule has 0 bridgehead atoms. The molecule has 1 unspecified atom stereocenters. The fourth-order valence-electron chi connectivity index (χ4n) is 3.37. The van der Waals surface area contributed by atoms with E-state index in [1.807, 2.05) is 30.3 Å². The van der Waals surface area contributed by atoms with Gasteiger partial charge in [0.15, 0.2) is 0 Å². The highest BCUT2D eigenvalue weighted by molar-refractivity contribution is 9.10. The molecular weight excluding hydrogens is 428 g/mol. The van der Waals surface area contributed by atoms with Crippen LogP contribution in [0.15, 0.2) is 64.0 Å². The molecule has 1 amide bonds. The molecule has 1 heterocycles. The maximum absolute atomic E-state index is 13.1. The Hall–Kier alpha value is -1.70. The molecule has 2 aromatic rings. The highest BCUT2D eigenvalue weighted by Crippen LogP contribution is 2.27. The molecule has 0 N–H and O–H groups in total. The van der Waals surface area contributed by atoms with E-state index in [-0.39, 0.29) is 10.8 Å². The summed E-state index contributed by atoms with van der Waals surface area (Å²) in [5, 5.41) is 0. The van der Waals surface area contributed by atoms with Crippen molar-refractivity contribution >= 4 is 31.9 Å². The van der Waals surface area contributed by atoms with Gasteiger partial charge in [-0.2, -0.15) is 4.31 Å². The number of sulfonamides is 1. The predicted molar refractivity (Wildman–Crippen MR) is 109 cm³/mol. The van der Waals surface area contributed by atoms with E-state index in [0.29, 0.717) is 19.5 Å². The minimum Gasteiger partial charge on any atom is -0.340 e. The Morgan fingerprint density at radius 2 is 1.78 bits per heavy atom. The van der Waals surface area contributed by atoms with Crippen molar-refractivity contribution in [3.63, 3.8) is 0 Å². The maximum atomic E-state index is 13.1. The number of carbonyl (C=O) groups excluding carboxylic acids is 1. The summed E-state index contributed by atoms with van der Waals surface area (Å²) in [4.78, 5) is 14.9. The molecule has 3 rings (SSSR count). The van der Waals surface area contributed by atoms with Crippen LogP contribution in [0.2, 0.25) is 0 Å². The van der Waals surface area contributed by atoms with Gasteiger partial charge in [0, 0.05) is 24.6 Å². The zero-order valence-corrected chi connectivity index (χ0v) is 17.6. The average molecular weight is 451 g/mol. The maximum Gasteiger partial charge on any atom is 0.243 e. The first-order valence-corrected chi connectivity index (χ1v) is 11.2. The van der Waals surface area contributed by atoms with Gasteiger partial charge in [0.2, 0.25) is 15.9 Å². The van der Waals surface area contributed by atoms with Crippen LogP contribution in [0.3, 0.4) is 0 Å². The van der Waals surface area contributed by atoms with Crippen molar-refractivity contribution in [3.05, 3.63) is 64.6 Å². The third-order valence-electron chi connectivity index (χ3n) is 4.80. The highest BCUT2D eigenvalue weighted by atomic mass is 79.9. The van der Waals surface area contributed by atoms with Crippen LogP contribution in [0.1, 0.15) is 24.8 Å². The molecule has 0 spiro atoms. The van der Waals surface area contributed by atoms with Crippen LogP contribution in [0, 0.1) is 0 Å². The number of hydrogen-bond donors (Lipinski definition) is 0.